The molecule has 0 spiro atoms. The van der Waals surface area contributed by atoms with Crippen molar-refractivity contribution < 1.29 is 18.7 Å². The van der Waals surface area contributed by atoms with Crippen molar-refractivity contribution in [3.8, 4) is 22.6 Å². The molecule has 0 N–H and O–H groups in total. The molecule has 1 aliphatic heterocycles. The summed E-state index contributed by atoms with van der Waals surface area (Å²) in [5.41, 5.74) is 5.07. The van der Waals surface area contributed by atoms with E-state index >= 15 is 0 Å². The molecule has 3 aromatic rings. The number of aryl methyl sites for hydroxylation is 1. The minimum Gasteiger partial charge on any atom is -0.491 e. The second-order valence-electron chi connectivity index (χ2n) is 7.15. The van der Waals surface area contributed by atoms with Crippen molar-refractivity contribution in [1.29, 1.82) is 0 Å². The van der Waals surface area contributed by atoms with Crippen LogP contribution in [0.5, 0.6) is 11.5 Å². The summed E-state index contributed by atoms with van der Waals surface area (Å²) in [6.07, 6.45) is 1.42. The Hall–Kier alpha value is -3.14. The summed E-state index contributed by atoms with van der Waals surface area (Å²) in [6.45, 7) is 4.26. The summed E-state index contributed by atoms with van der Waals surface area (Å²) >= 11 is 0. The van der Waals surface area contributed by atoms with Gasteiger partial charge in [0, 0.05) is 0 Å². The van der Waals surface area contributed by atoms with E-state index in [1.54, 1.807) is 19.1 Å². The van der Waals surface area contributed by atoms with Gasteiger partial charge in [0.2, 0.25) is 5.82 Å². The Morgan fingerprint density at radius 2 is 1.62 bits per heavy atom. The predicted molar refractivity (Wildman–Crippen MR) is 111 cm³/mol. The van der Waals surface area contributed by atoms with Crippen LogP contribution >= 0.6 is 0 Å². The predicted octanol–water partition coefficient (Wildman–Crippen LogP) is 5.70. The third kappa shape index (κ3) is 3.75. The Bertz CT molecular complexity index is 1020. The zero-order valence-corrected chi connectivity index (χ0v) is 16.6. The molecular formula is C25H23FO3. The second-order valence-corrected chi connectivity index (χ2v) is 7.15. The molecule has 1 atom stereocenters. The summed E-state index contributed by atoms with van der Waals surface area (Å²) in [5.74, 6) is -1.40. The van der Waals surface area contributed by atoms with Gasteiger partial charge in [-0.2, -0.15) is 4.39 Å². The van der Waals surface area contributed by atoms with Crippen molar-refractivity contribution in [1.82, 2.24) is 0 Å². The maximum atomic E-state index is 14.5. The van der Waals surface area contributed by atoms with Crippen LogP contribution in [0.2, 0.25) is 0 Å². The number of ether oxygens (including phenoxy) is 2. The van der Waals surface area contributed by atoms with Gasteiger partial charge in [-0.05, 0) is 53.6 Å². The fourth-order valence-electron chi connectivity index (χ4n) is 3.69. The van der Waals surface area contributed by atoms with Crippen LogP contribution in [0.25, 0.3) is 11.1 Å². The van der Waals surface area contributed by atoms with Crippen LogP contribution < -0.4 is 9.47 Å². The molecule has 0 amide bonds. The lowest BCUT2D eigenvalue weighted by molar-refractivity contribution is -0.137. The molecule has 0 saturated carbocycles. The molecule has 0 bridgehead atoms. The van der Waals surface area contributed by atoms with E-state index in [-0.39, 0.29) is 11.5 Å². The first-order valence-corrected chi connectivity index (χ1v) is 9.95. The quantitative estimate of drug-likeness (QED) is 0.414. The lowest BCUT2D eigenvalue weighted by Crippen LogP contribution is -2.26. The summed E-state index contributed by atoms with van der Waals surface area (Å²) in [6, 6.07) is 19.8. The third-order valence-electron chi connectivity index (χ3n) is 5.36. The van der Waals surface area contributed by atoms with E-state index in [4.69, 9.17) is 9.47 Å². The van der Waals surface area contributed by atoms with Crippen molar-refractivity contribution in [2.45, 2.75) is 32.6 Å². The number of carbonyl (C=O) groups excluding carboxylic acids is 1. The number of hydrogen-bond acceptors (Lipinski definition) is 3. The first-order chi connectivity index (χ1) is 14.1. The zero-order valence-electron chi connectivity index (χ0n) is 16.6. The topological polar surface area (TPSA) is 35.5 Å². The fourth-order valence-corrected chi connectivity index (χ4v) is 3.69. The number of carbonyl (C=O) groups is 1. The highest BCUT2D eigenvalue weighted by atomic mass is 19.1. The summed E-state index contributed by atoms with van der Waals surface area (Å²) in [5, 5.41) is 0. The first-order valence-electron chi connectivity index (χ1n) is 9.95. The third-order valence-corrected chi connectivity index (χ3v) is 5.36. The van der Waals surface area contributed by atoms with Crippen LogP contribution in [-0.2, 0) is 17.6 Å². The normalized spacial score (nSPS) is 15.6. The average Bonchev–Trinajstić information content (AvgIpc) is 2.76. The maximum absolute atomic E-state index is 14.5. The van der Waals surface area contributed by atoms with Crippen LogP contribution in [0.15, 0.2) is 60.7 Å². The molecule has 0 saturated heterocycles. The van der Waals surface area contributed by atoms with Crippen LogP contribution in [-0.4, -0.2) is 12.6 Å². The molecule has 4 heteroatoms. The molecule has 3 nitrogen and oxygen atoms in total. The largest absolute Gasteiger partial charge is 0.491 e. The highest BCUT2D eigenvalue weighted by Crippen LogP contribution is 2.39. The summed E-state index contributed by atoms with van der Waals surface area (Å²) in [4.78, 5) is 12.6. The van der Waals surface area contributed by atoms with Gasteiger partial charge in [0.15, 0.2) is 11.5 Å². The van der Waals surface area contributed by atoms with Gasteiger partial charge in [0.05, 0.1) is 12.5 Å². The summed E-state index contributed by atoms with van der Waals surface area (Å²) < 4.78 is 25.2. The lowest BCUT2D eigenvalue weighted by atomic mass is 9.88. The molecule has 0 aromatic heterocycles. The number of hydrogen-bond donors (Lipinski definition) is 0. The van der Waals surface area contributed by atoms with Gasteiger partial charge in [-0.3, -0.25) is 4.79 Å². The molecule has 3 aromatic carbocycles. The molecule has 0 aliphatic carbocycles. The van der Waals surface area contributed by atoms with Crippen molar-refractivity contribution >= 4 is 5.97 Å². The first kappa shape index (κ1) is 19.2. The minimum absolute atomic E-state index is 0.00941. The standard InChI is InChI=1S/C25H23FO3/c1-3-16-5-7-17(8-6-16)18-9-11-19(12-10-18)21-15-20-13-14-22(28-4-2)23(26)24(20)29-25(21)27/h5-14,21H,3-4,15H2,1-2H3. The number of esters is 1. The molecule has 148 valence electrons. The molecule has 1 heterocycles. The molecule has 4 rings (SSSR count). The van der Waals surface area contributed by atoms with Gasteiger partial charge >= 0.3 is 5.97 Å². The van der Waals surface area contributed by atoms with E-state index in [0.29, 0.717) is 18.6 Å². The van der Waals surface area contributed by atoms with E-state index < -0.39 is 17.7 Å². The molecule has 29 heavy (non-hydrogen) atoms. The van der Waals surface area contributed by atoms with Crippen LogP contribution in [0.4, 0.5) is 4.39 Å². The van der Waals surface area contributed by atoms with E-state index in [9.17, 15) is 9.18 Å². The Kier molecular flexibility index (Phi) is 5.34. The minimum atomic E-state index is -0.609. The van der Waals surface area contributed by atoms with Gasteiger partial charge in [-0.15, -0.1) is 0 Å². The van der Waals surface area contributed by atoms with Crippen LogP contribution in [0.3, 0.4) is 0 Å². The molecule has 1 unspecified atom stereocenters. The van der Waals surface area contributed by atoms with Gasteiger partial charge in [-0.1, -0.05) is 61.5 Å². The van der Waals surface area contributed by atoms with Crippen molar-refractivity contribution in [3.05, 3.63) is 83.2 Å². The summed E-state index contributed by atoms with van der Waals surface area (Å²) in [7, 11) is 0. The Balaban J connectivity index is 1.57. The smallest absolute Gasteiger partial charge is 0.319 e. The molecule has 0 radical (unpaired) electrons. The van der Waals surface area contributed by atoms with Gasteiger partial charge < -0.3 is 9.47 Å². The van der Waals surface area contributed by atoms with Crippen molar-refractivity contribution in [2.75, 3.05) is 6.61 Å². The number of rotatable bonds is 5. The van der Waals surface area contributed by atoms with E-state index in [1.807, 2.05) is 24.3 Å². The lowest BCUT2D eigenvalue weighted by Gasteiger charge is -2.24. The van der Waals surface area contributed by atoms with Gasteiger partial charge in [0.1, 0.15) is 0 Å². The Labute approximate surface area is 170 Å². The SMILES string of the molecule is CCOc1ccc2c(c1F)OC(=O)C(c1ccc(-c3ccc(CC)cc3)cc1)C2. The van der Waals surface area contributed by atoms with E-state index in [0.717, 1.165) is 23.1 Å². The Morgan fingerprint density at radius 1 is 0.966 bits per heavy atom. The average molecular weight is 390 g/mol. The number of fused-ring (bicyclic) bond motifs is 1. The number of halogens is 1. The van der Waals surface area contributed by atoms with Gasteiger partial charge in [0.25, 0.3) is 0 Å². The molecule has 1 aliphatic rings. The zero-order chi connectivity index (χ0) is 20.4. The monoisotopic (exact) mass is 390 g/mol. The van der Waals surface area contributed by atoms with Gasteiger partial charge in [-0.25, -0.2) is 0 Å². The second kappa shape index (κ2) is 8.08. The number of benzene rings is 3. The Morgan fingerprint density at radius 3 is 2.24 bits per heavy atom. The van der Waals surface area contributed by atoms with E-state index in [2.05, 4.69) is 31.2 Å². The van der Waals surface area contributed by atoms with Crippen LogP contribution in [0.1, 0.15) is 36.5 Å². The fraction of sp³-hybridized carbons (Fsp3) is 0.240. The van der Waals surface area contributed by atoms with Crippen molar-refractivity contribution in [2.24, 2.45) is 0 Å². The highest BCUT2D eigenvalue weighted by molar-refractivity contribution is 5.83. The maximum Gasteiger partial charge on any atom is 0.319 e. The highest BCUT2D eigenvalue weighted by Gasteiger charge is 2.32. The van der Waals surface area contributed by atoms with Crippen LogP contribution in [0, 0.1) is 5.82 Å². The van der Waals surface area contributed by atoms with E-state index in [1.165, 1.54) is 5.56 Å². The molecule has 0 fully saturated rings. The molecular weight excluding hydrogens is 367 g/mol. The van der Waals surface area contributed by atoms with Crippen molar-refractivity contribution in [3.63, 3.8) is 0 Å².